The number of carbonyl (C=O) groups excluding carboxylic acids is 4. The Morgan fingerprint density at radius 2 is 1.02 bits per heavy atom. The number of fused-ring (bicyclic) bond motifs is 4. The standard InChI is InChI=1S/2C23H26FN3O2/c2*1-4-21(28)26-23-13(2)5-7-15-17(11-25-12-18(15)23)16-9-14-6-8-22(29)27(3)20(14)10-19(16)24/h2*9-13,23H,4-8H2,1-3H3,(H,26,28)/t2*13-,23-/m10/s1. The number of hydrogen-bond acceptors (Lipinski definition) is 6. The summed E-state index contributed by atoms with van der Waals surface area (Å²) in [5, 5.41) is 6.22. The lowest BCUT2D eigenvalue weighted by molar-refractivity contribution is -0.122. The Balaban J connectivity index is 0.000000177. The number of nitrogens with zero attached hydrogens (tertiary/aromatic N) is 4. The Morgan fingerprint density at radius 1 is 0.621 bits per heavy atom. The van der Waals surface area contributed by atoms with E-state index in [0.29, 0.717) is 72.9 Å². The number of halogens is 2. The molecule has 4 aliphatic rings. The van der Waals surface area contributed by atoms with E-state index in [1.165, 1.54) is 21.9 Å². The van der Waals surface area contributed by atoms with Crippen LogP contribution in [0, 0.1) is 23.5 Å². The second-order valence-electron chi connectivity index (χ2n) is 16.2. The van der Waals surface area contributed by atoms with Gasteiger partial charge in [0, 0.05) is 98.2 Å². The van der Waals surface area contributed by atoms with Crippen molar-refractivity contribution in [2.24, 2.45) is 11.8 Å². The zero-order chi connectivity index (χ0) is 41.4. The molecule has 2 aromatic carbocycles. The van der Waals surface area contributed by atoms with Crippen LogP contribution in [0.3, 0.4) is 0 Å². The molecule has 304 valence electrons. The van der Waals surface area contributed by atoms with Crippen LogP contribution in [0.2, 0.25) is 0 Å². The number of nitrogens with one attached hydrogen (secondary N) is 2. The highest BCUT2D eigenvalue weighted by atomic mass is 19.1. The zero-order valence-corrected chi connectivity index (χ0v) is 34.2. The molecule has 4 heterocycles. The average Bonchev–Trinajstić information content (AvgIpc) is 3.22. The van der Waals surface area contributed by atoms with E-state index in [1.54, 1.807) is 38.9 Å². The number of hydrogen-bond donors (Lipinski definition) is 2. The maximum absolute atomic E-state index is 15.1. The first-order valence-electron chi connectivity index (χ1n) is 20.5. The number of rotatable bonds is 6. The highest BCUT2D eigenvalue weighted by Gasteiger charge is 2.33. The van der Waals surface area contributed by atoms with Crippen LogP contribution >= 0.6 is 0 Å². The van der Waals surface area contributed by atoms with Gasteiger partial charge in [0.2, 0.25) is 23.6 Å². The first-order chi connectivity index (χ1) is 27.8. The second-order valence-corrected chi connectivity index (χ2v) is 16.2. The van der Waals surface area contributed by atoms with Gasteiger partial charge < -0.3 is 20.4 Å². The Labute approximate surface area is 338 Å². The van der Waals surface area contributed by atoms with Crippen molar-refractivity contribution in [2.75, 3.05) is 23.9 Å². The van der Waals surface area contributed by atoms with Gasteiger partial charge in [-0.1, -0.05) is 27.7 Å². The number of aromatic nitrogens is 2. The van der Waals surface area contributed by atoms with E-state index in [4.69, 9.17) is 0 Å². The minimum atomic E-state index is -0.353. The third kappa shape index (κ3) is 7.73. The molecule has 58 heavy (non-hydrogen) atoms. The molecule has 2 aliphatic carbocycles. The molecule has 0 radical (unpaired) electrons. The number of pyridine rings is 2. The minimum Gasteiger partial charge on any atom is -0.349 e. The van der Waals surface area contributed by atoms with E-state index in [2.05, 4.69) is 34.4 Å². The molecule has 0 unspecified atom stereocenters. The maximum Gasteiger partial charge on any atom is 0.227 e. The summed E-state index contributed by atoms with van der Waals surface area (Å²) in [4.78, 5) is 59.8. The predicted octanol–water partition coefficient (Wildman–Crippen LogP) is 7.89. The van der Waals surface area contributed by atoms with E-state index in [1.807, 2.05) is 26.0 Å². The van der Waals surface area contributed by atoms with Crippen LogP contribution in [0.15, 0.2) is 49.1 Å². The number of carbonyl (C=O) groups is 4. The third-order valence-electron chi connectivity index (χ3n) is 12.6. The summed E-state index contributed by atoms with van der Waals surface area (Å²) in [7, 11) is 3.38. The normalized spacial score (nSPS) is 20.8. The van der Waals surface area contributed by atoms with Crippen molar-refractivity contribution in [3.8, 4) is 22.3 Å². The van der Waals surface area contributed by atoms with Gasteiger partial charge in [-0.3, -0.25) is 29.1 Å². The second kappa shape index (κ2) is 16.8. The van der Waals surface area contributed by atoms with Gasteiger partial charge in [0.1, 0.15) is 11.6 Å². The number of aryl methyl sites for hydroxylation is 2. The summed E-state index contributed by atoms with van der Waals surface area (Å²) in [6, 6.07) is 6.43. The highest BCUT2D eigenvalue weighted by molar-refractivity contribution is 5.97. The Morgan fingerprint density at radius 3 is 1.40 bits per heavy atom. The molecule has 0 saturated carbocycles. The molecule has 4 atom stereocenters. The molecule has 8 rings (SSSR count). The van der Waals surface area contributed by atoms with Gasteiger partial charge in [0.15, 0.2) is 0 Å². The van der Waals surface area contributed by atoms with Crippen LogP contribution in [0.25, 0.3) is 22.3 Å². The van der Waals surface area contributed by atoms with E-state index >= 15 is 8.78 Å². The summed E-state index contributed by atoms with van der Waals surface area (Å²) < 4.78 is 30.3. The van der Waals surface area contributed by atoms with Crippen LogP contribution in [0.4, 0.5) is 20.2 Å². The topological polar surface area (TPSA) is 125 Å². The molecule has 4 aromatic rings. The van der Waals surface area contributed by atoms with Gasteiger partial charge >= 0.3 is 0 Å². The lowest BCUT2D eigenvalue weighted by atomic mass is 9.78. The number of amides is 4. The fourth-order valence-electron chi connectivity index (χ4n) is 8.99. The Hall–Kier alpha value is -5.52. The largest absolute Gasteiger partial charge is 0.349 e. The predicted molar refractivity (Wildman–Crippen MR) is 220 cm³/mol. The molecule has 0 saturated heterocycles. The molecule has 2 N–H and O–H groups in total. The van der Waals surface area contributed by atoms with Crippen LogP contribution in [0.1, 0.15) is 112 Å². The smallest absolute Gasteiger partial charge is 0.227 e. The van der Waals surface area contributed by atoms with E-state index in [9.17, 15) is 19.2 Å². The maximum atomic E-state index is 15.1. The minimum absolute atomic E-state index is 0.00639. The van der Waals surface area contributed by atoms with E-state index in [-0.39, 0.29) is 47.3 Å². The van der Waals surface area contributed by atoms with Gasteiger partial charge in [-0.25, -0.2) is 8.78 Å². The highest BCUT2D eigenvalue weighted by Crippen LogP contribution is 2.43. The SMILES string of the molecule is CCC(=O)N[C@@H]1c2cncc(-c3cc4c(cc3F)N(C)C(=O)CC4)c2CC[C@@H]1C.CCC(=O)N[C@H]1c2cncc(-c3cc4c(cc3F)N(C)C(=O)CC4)c2CC[C@H]1C. The average molecular weight is 791 g/mol. The molecule has 0 fully saturated rings. The molecular weight excluding hydrogens is 739 g/mol. The van der Waals surface area contributed by atoms with Gasteiger partial charge in [0.25, 0.3) is 0 Å². The fraction of sp³-hybridized carbons (Fsp3) is 0.435. The van der Waals surface area contributed by atoms with Crippen molar-refractivity contribution in [1.82, 2.24) is 20.6 Å². The first-order valence-corrected chi connectivity index (χ1v) is 20.5. The van der Waals surface area contributed by atoms with E-state index < -0.39 is 0 Å². The monoisotopic (exact) mass is 790 g/mol. The Bertz CT molecular complexity index is 2140. The third-order valence-corrected chi connectivity index (χ3v) is 12.6. The number of benzene rings is 2. The van der Waals surface area contributed by atoms with Crippen molar-refractivity contribution >= 4 is 35.0 Å². The first kappa shape index (κ1) is 40.7. The van der Waals surface area contributed by atoms with Crippen molar-refractivity contribution < 1.29 is 28.0 Å². The molecule has 2 aliphatic heterocycles. The molecule has 0 bridgehead atoms. The van der Waals surface area contributed by atoms with Crippen LogP contribution in [-0.4, -0.2) is 47.7 Å². The summed E-state index contributed by atoms with van der Waals surface area (Å²) >= 11 is 0. The van der Waals surface area contributed by atoms with Crippen LogP contribution < -0.4 is 20.4 Å². The van der Waals surface area contributed by atoms with Gasteiger partial charge in [-0.05, 0) is 108 Å². The molecular formula is C46H52F2N6O4. The van der Waals surface area contributed by atoms with Crippen molar-refractivity contribution in [1.29, 1.82) is 0 Å². The van der Waals surface area contributed by atoms with Gasteiger partial charge in [-0.15, -0.1) is 0 Å². The van der Waals surface area contributed by atoms with Gasteiger partial charge in [-0.2, -0.15) is 0 Å². The van der Waals surface area contributed by atoms with Gasteiger partial charge in [0.05, 0.1) is 12.1 Å². The Kier molecular flexibility index (Phi) is 11.7. The summed E-state index contributed by atoms with van der Waals surface area (Å²) in [5.74, 6) is -0.0907. The quantitative estimate of drug-likeness (QED) is 0.205. The molecule has 2 aromatic heterocycles. The van der Waals surface area contributed by atoms with E-state index in [0.717, 1.165) is 70.2 Å². The van der Waals surface area contributed by atoms with Crippen molar-refractivity contribution in [3.63, 3.8) is 0 Å². The van der Waals surface area contributed by atoms with Crippen LogP contribution in [-0.2, 0) is 44.9 Å². The molecule has 4 amide bonds. The fourth-order valence-corrected chi connectivity index (χ4v) is 8.99. The lowest BCUT2D eigenvalue weighted by Gasteiger charge is -2.33. The molecule has 12 heteroatoms. The lowest BCUT2D eigenvalue weighted by Crippen LogP contribution is -2.35. The van der Waals surface area contributed by atoms with Crippen molar-refractivity contribution in [2.45, 2.75) is 104 Å². The van der Waals surface area contributed by atoms with Crippen molar-refractivity contribution in [3.05, 3.63) is 94.1 Å². The number of anilines is 2. The molecule has 10 nitrogen and oxygen atoms in total. The zero-order valence-electron chi connectivity index (χ0n) is 34.2. The van der Waals surface area contributed by atoms with Crippen LogP contribution in [0.5, 0.6) is 0 Å². The molecule has 0 spiro atoms. The summed E-state index contributed by atoms with van der Waals surface area (Å²) in [6.07, 6.45) is 13.5. The summed E-state index contributed by atoms with van der Waals surface area (Å²) in [6.45, 7) is 7.93. The summed E-state index contributed by atoms with van der Waals surface area (Å²) in [5.41, 5.74) is 9.90.